The molecule has 1 saturated heterocycles. The lowest BCUT2D eigenvalue weighted by Gasteiger charge is -2.28. The number of hydrogen-bond donors (Lipinski definition) is 1. The van der Waals surface area contributed by atoms with E-state index in [0.717, 1.165) is 0 Å². The van der Waals surface area contributed by atoms with Crippen LogP contribution in [0.5, 0.6) is 0 Å². The van der Waals surface area contributed by atoms with E-state index in [4.69, 9.17) is 9.84 Å². The fourth-order valence-corrected chi connectivity index (χ4v) is 1.54. The Kier molecular flexibility index (Phi) is 4.36. The number of hydrogen-bond acceptors (Lipinski definition) is 4. The molecule has 6 heteroatoms. The van der Waals surface area contributed by atoms with Crippen molar-refractivity contribution in [3.05, 3.63) is 0 Å². The third-order valence-corrected chi connectivity index (χ3v) is 2.42. The molecule has 6 nitrogen and oxygen atoms in total. The van der Waals surface area contributed by atoms with Gasteiger partial charge in [0.1, 0.15) is 0 Å². The summed E-state index contributed by atoms with van der Waals surface area (Å²) in [6.45, 7) is 0.738. The van der Waals surface area contributed by atoms with Gasteiger partial charge in [0.2, 0.25) is 0 Å². The second-order valence-electron chi connectivity index (χ2n) is 3.41. The Labute approximate surface area is 87.8 Å². The molecule has 1 aliphatic heterocycles. The number of carbonyl (C=O) groups excluding carboxylic acids is 1. The Bertz CT molecular complexity index is 235. The maximum atomic E-state index is 11.4. The molecule has 15 heavy (non-hydrogen) atoms. The minimum absolute atomic E-state index is 0.0437. The molecule has 0 bridgehead atoms. The average molecular weight is 217 g/mol. The van der Waals surface area contributed by atoms with Gasteiger partial charge < -0.3 is 19.5 Å². The molecule has 0 aromatic rings. The van der Waals surface area contributed by atoms with Crippen molar-refractivity contribution in [1.29, 1.82) is 0 Å². The van der Waals surface area contributed by atoms with E-state index in [1.807, 2.05) is 0 Å². The number of carboxylic acid groups (broad SMARTS) is 1. The summed E-state index contributed by atoms with van der Waals surface area (Å²) in [6.07, 6.45) is 0.114. The van der Waals surface area contributed by atoms with Crippen molar-refractivity contribution in [3.8, 4) is 0 Å². The van der Waals surface area contributed by atoms with Gasteiger partial charge in [0.25, 0.3) is 0 Å². The molecule has 0 saturated carbocycles. The molecular weight excluding hydrogens is 202 g/mol. The van der Waals surface area contributed by atoms with Crippen LogP contribution in [0.15, 0.2) is 0 Å². The SMILES string of the molecule is COCOC(=O)C1CCN(C(=O)O)CC1. The van der Waals surface area contributed by atoms with Crippen LogP contribution in [0.25, 0.3) is 0 Å². The normalized spacial score (nSPS) is 17.5. The van der Waals surface area contributed by atoms with E-state index >= 15 is 0 Å². The quantitative estimate of drug-likeness (QED) is 0.551. The first kappa shape index (κ1) is 11.8. The summed E-state index contributed by atoms with van der Waals surface area (Å²) in [5.41, 5.74) is 0. The Balaban J connectivity index is 2.30. The highest BCUT2D eigenvalue weighted by Crippen LogP contribution is 2.18. The number of likely N-dealkylation sites (tertiary alicyclic amines) is 1. The van der Waals surface area contributed by atoms with Crippen LogP contribution in [0.4, 0.5) is 4.79 Å². The topological polar surface area (TPSA) is 76.1 Å². The van der Waals surface area contributed by atoms with Crippen LogP contribution in [0.1, 0.15) is 12.8 Å². The number of methoxy groups -OCH3 is 1. The van der Waals surface area contributed by atoms with E-state index in [1.165, 1.54) is 12.0 Å². The lowest BCUT2D eigenvalue weighted by atomic mass is 9.97. The molecule has 86 valence electrons. The summed E-state index contributed by atoms with van der Waals surface area (Å²) in [4.78, 5) is 23.3. The number of ether oxygens (including phenoxy) is 2. The van der Waals surface area contributed by atoms with Crippen LogP contribution in [0.2, 0.25) is 0 Å². The molecule has 1 N–H and O–H groups in total. The van der Waals surface area contributed by atoms with Crippen molar-refractivity contribution in [2.24, 2.45) is 5.92 Å². The zero-order valence-electron chi connectivity index (χ0n) is 8.64. The van der Waals surface area contributed by atoms with Crippen molar-refractivity contribution in [3.63, 3.8) is 0 Å². The molecule has 1 amide bonds. The molecule has 1 heterocycles. The number of amides is 1. The lowest BCUT2D eigenvalue weighted by molar-refractivity contribution is -0.160. The zero-order chi connectivity index (χ0) is 11.3. The van der Waals surface area contributed by atoms with Crippen LogP contribution in [-0.2, 0) is 14.3 Å². The van der Waals surface area contributed by atoms with Crippen molar-refractivity contribution < 1.29 is 24.2 Å². The van der Waals surface area contributed by atoms with Gasteiger partial charge in [-0.2, -0.15) is 0 Å². The third-order valence-electron chi connectivity index (χ3n) is 2.42. The van der Waals surface area contributed by atoms with E-state index in [0.29, 0.717) is 25.9 Å². The number of esters is 1. The van der Waals surface area contributed by atoms with Gasteiger partial charge >= 0.3 is 12.1 Å². The third kappa shape index (κ3) is 3.39. The molecule has 0 unspecified atom stereocenters. The molecule has 0 aromatic heterocycles. The number of nitrogens with zero attached hydrogens (tertiary/aromatic N) is 1. The van der Waals surface area contributed by atoms with E-state index in [9.17, 15) is 9.59 Å². The summed E-state index contributed by atoms with van der Waals surface area (Å²) in [6, 6.07) is 0. The van der Waals surface area contributed by atoms with Gasteiger partial charge in [0.05, 0.1) is 5.92 Å². The Morgan fingerprint density at radius 1 is 1.40 bits per heavy atom. The van der Waals surface area contributed by atoms with Crippen LogP contribution in [0.3, 0.4) is 0 Å². The van der Waals surface area contributed by atoms with Crippen LogP contribution >= 0.6 is 0 Å². The van der Waals surface area contributed by atoms with Crippen LogP contribution in [-0.4, -0.2) is 49.1 Å². The molecule has 1 aliphatic rings. The lowest BCUT2D eigenvalue weighted by Crippen LogP contribution is -2.39. The fraction of sp³-hybridized carbons (Fsp3) is 0.778. The zero-order valence-corrected chi connectivity index (χ0v) is 8.64. The molecule has 0 aromatic carbocycles. The minimum Gasteiger partial charge on any atom is -0.465 e. The van der Waals surface area contributed by atoms with Crippen LogP contribution in [0, 0.1) is 5.92 Å². The standard InChI is InChI=1S/C9H15NO5/c1-14-6-15-8(11)7-2-4-10(5-3-7)9(12)13/h7H,2-6H2,1H3,(H,12,13). The van der Waals surface area contributed by atoms with Gasteiger partial charge in [-0.1, -0.05) is 0 Å². The first-order chi connectivity index (χ1) is 7.15. The Morgan fingerprint density at radius 3 is 2.47 bits per heavy atom. The first-order valence-electron chi connectivity index (χ1n) is 4.78. The summed E-state index contributed by atoms with van der Waals surface area (Å²) < 4.78 is 9.41. The summed E-state index contributed by atoms with van der Waals surface area (Å²) in [5, 5.41) is 8.69. The van der Waals surface area contributed by atoms with E-state index in [-0.39, 0.29) is 18.7 Å². The second kappa shape index (κ2) is 5.55. The van der Waals surface area contributed by atoms with Crippen molar-refractivity contribution in [2.45, 2.75) is 12.8 Å². The minimum atomic E-state index is -0.932. The molecule has 1 rings (SSSR count). The van der Waals surface area contributed by atoms with Crippen molar-refractivity contribution in [1.82, 2.24) is 4.90 Å². The van der Waals surface area contributed by atoms with Gasteiger partial charge in [-0.05, 0) is 12.8 Å². The highest BCUT2D eigenvalue weighted by atomic mass is 16.7. The highest BCUT2D eigenvalue weighted by molar-refractivity contribution is 5.73. The van der Waals surface area contributed by atoms with E-state index in [1.54, 1.807) is 0 Å². The molecule has 0 radical (unpaired) electrons. The number of rotatable bonds is 3. The molecule has 0 atom stereocenters. The van der Waals surface area contributed by atoms with Gasteiger partial charge in [-0.15, -0.1) is 0 Å². The number of piperidine rings is 1. The highest BCUT2D eigenvalue weighted by Gasteiger charge is 2.27. The number of carbonyl (C=O) groups is 2. The molecule has 0 spiro atoms. The van der Waals surface area contributed by atoms with Crippen molar-refractivity contribution in [2.75, 3.05) is 27.0 Å². The maximum Gasteiger partial charge on any atom is 0.407 e. The van der Waals surface area contributed by atoms with Gasteiger partial charge in [0, 0.05) is 20.2 Å². The summed E-state index contributed by atoms with van der Waals surface area (Å²) in [5.74, 6) is -0.502. The molecule has 0 aliphatic carbocycles. The molecule has 1 fully saturated rings. The maximum absolute atomic E-state index is 11.4. The predicted octanol–water partition coefficient (Wildman–Crippen LogP) is 0.524. The monoisotopic (exact) mass is 217 g/mol. The second-order valence-corrected chi connectivity index (χ2v) is 3.41. The average Bonchev–Trinajstić information content (AvgIpc) is 2.26. The Morgan fingerprint density at radius 2 is 2.00 bits per heavy atom. The smallest absolute Gasteiger partial charge is 0.407 e. The van der Waals surface area contributed by atoms with Gasteiger partial charge in [-0.25, -0.2) is 4.79 Å². The van der Waals surface area contributed by atoms with E-state index in [2.05, 4.69) is 4.74 Å². The van der Waals surface area contributed by atoms with Gasteiger partial charge in [0.15, 0.2) is 6.79 Å². The summed E-state index contributed by atoms with van der Waals surface area (Å²) >= 11 is 0. The molecular formula is C9H15NO5. The summed E-state index contributed by atoms with van der Waals surface area (Å²) in [7, 11) is 1.44. The first-order valence-corrected chi connectivity index (χ1v) is 4.78. The Hall–Kier alpha value is -1.30. The van der Waals surface area contributed by atoms with Crippen LogP contribution < -0.4 is 0 Å². The van der Waals surface area contributed by atoms with Gasteiger partial charge in [-0.3, -0.25) is 4.79 Å². The van der Waals surface area contributed by atoms with Crippen molar-refractivity contribution >= 4 is 12.1 Å². The fourth-order valence-electron chi connectivity index (χ4n) is 1.54. The largest absolute Gasteiger partial charge is 0.465 e. The van der Waals surface area contributed by atoms with E-state index < -0.39 is 6.09 Å². The predicted molar refractivity (Wildman–Crippen MR) is 50.3 cm³/mol.